The fraction of sp³-hybridized carbons (Fsp3) is 0.333. The molecule has 0 aliphatic carbocycles. The summed E-state index contributed by atoms with van der Waals surface area (Å²) in [6.45, 7) is 3.73. The van der Waals surface area contributed by atoms with Crippen molar-refractivity contribution in [3.8, 4) is 0 Å². The molecule has 1 aliphatic rings. The molecular formula is C18H20N4O3S. The Balaban J connectivity index is 1.80. The molecule has 8 heteroatoms. The number of rotatable bonds is 5. The van der Waals surface area contributed by atoms with Crippen molar-refractivity contribution >= 4 is 35.0 Å². The lowest BCUT2D eigenvalue weighted by molar-refractivity contribution is -0.121. The molecule has 1 aliphatic heterocycles. The molecule has 0 radical (unpaired) electrons. The molecule has 0 bridgehead atoms. The van der Waals surface area contributed by atoms with Gasteiger partial charge in [0.25, 0.3) is 5.56 Å². The first kappa shape index (κ1) is 18.2. The van der Waals surface area contributed by atoms with Gasteiger partial charge >= 0.3 is 0 Å². The highest BCUT2D eigenvalue weighted by molar-refractivity contribution is 8.00. The lowest BCUT2D eigenvalue weighted by Crippen LogP contribution is -2.45. The average molecular weight is 372 g/mol. The number of nitrogens with one attached hydrogen (secondary N) is 2. The van der Waals surface area contributed by atoms with E-state index in [0.29, 0.717) is 28.6 Å². The number of aromatic amines is 1. The van der Waals surface area contributed by atoms with Crippen molar-refractivity contribution < 1.29 is 9.59 Å². The topological polar surface area (TPSA) is 95.2 Å². The predicted octanol–water partition coefficient (Wildman–Crippen LogP) is 2.19. The van der Waals surface area contributed by atoms with Crippen LogP contribution in [0.2, 0.25) is 0 Å². The number of para-hydroxylation sites is 2. The van der Waals surface area contributed by atoms with Gasteiger partial charge in [-0.1, -0.05) is 37.2 Å². The van der Waals surface area contributed by atoms with Crippen molar-refractivity contribution in [2.45, 2.75) is 37.1 Å². The number of amides is 2. The molecule has 1 atom stereocenters. The van der Waals surface area contributed by atoms with Crippen LogP contribution in [-0.2, 0) is 16.0 Å². The summed E-state index contributed by atoms with van der Waals surface area (Å²) in [5.74, 6) is -0.438. The van der Waals surface area contributed by atoms with Gasteiger partial charge in [-0.3, -0.25) is 19.3 Å². The van der Waals surface area contributed by atoms with Gasteiger partial charge in [0.2, 0.25) is 11.8 Å². The number of carbonyl (C=O) groups excluding carboxylic acids is 2. The minimum Gasteiger partial charge on any atom is -0.323 e. The zero-order valence-corrected chi connectivity index (χ0v) is 15.4. The highest BCUT2D eigenvalue weighted by Gasteiger charge is 2.30. The van der Waals surface area contributed by atoms with Crippen LogP contribution >= 0.6 is 11.8 Å². The Kier molecular flexibility index (Phi) is 5.41. The number of benzene rings is 1. The summed E-state index contributed by atoms with van der Waals surface area (Å²) in [5, 5.41) is 2.67. The average Bonchev–Trinajstić information content (AvgIpc) is 2.60. The van der Waals surface area contributed by atoms with Crippen molar-refractivity contribution in [1.29, 1.82) is 0 Å². The quantitative estimate of drug-likeness (QED) is 0.620. The maximum atomic E-state index is 12.9. The van der Waals surface area contributed by atoms with E-state index in [0.717, 1.165) is 6.42 Å². The smallest absolute Gasteiger partial charge is 0.251 e. The zero-order valence-electron chi connectivity index (χ0n) is 14.6. The van der Waals surface area contributed by atoms with E-state index in [2.05, 4.69) is 15.3 Å². The van der Waals surface area contributed by atoms with Gasteiger partial charge in [0.05, 0.1) is 16.6 Å². The van der Waals surface area contributed by atoms with Crippen LogP contribution in [0, 0.1) is 0 Å². The monoisotopic (exact) mass is 372 g/mol. The Hall–Kier alpha value is -2.61. The molecule has 1 unspecified atom stereocenters. The first-order valence-electron chi connectivity index (χ1n) is 8.45. The van der Waals surface area contributed by atoms with E-state index in [1.165, 1.54) is 22.7 Å². The summed E-state index contributed by atoms with van der Waals surface area (Å²) in [4.78, 5) is 45.2. The zero-order chi connectivity index (χ0) is 18.7. The molecule has 0 fully saturated rings. The molecule has 26 heavy (non-hydrogen) atoms. The second-order valence-corrected chi connectivity index (χ2v) is 7.37. The highest BCUT2D eigenvalue weighted by Crippen LogP contribution is 2.31. The SMILES string of the molecule is CCCc1cc(=O)[nH]c(SC(C)C(=O)N2CC(=O)Nc3ccccc32)n1. The second-order valence-electron chi connectivity index (χ2n) is 6.04. The number of hydrogen-bond donors (Lipinski definition) is 2. The molecule has 0 spiro atoms. The van der Waals surface area contributed by atoms with Gasteiger partial charge in [-0.2, -0.15) is 0 Å². The predicted molar refractivity (Wildman–Crippen MR) is 102 cm³/mol. The Bertz CT molecular complexity index is 896. The van der Waals surface area contributed by atoms with Gasteiger partial charge in [0.1, 0.15) is 6.54 Å². The van der Waals surface area contributed by atoms with Crippen molar-refractivity contribution in [1.82, 2.24) is 9.97 Å². The number of carbonyl (C=O) groups is 2. The van der Waals surface area contributed by atoms with Crippen molar-refractivity contribution in [3.05, 3.63) is 46.4 Å². The van der Waals surface area contributed by atoms with E-state index in [1.807, 2.05) is 13.0 Å². The summed E-state index contributed by atoms with van der Waals surface area (Å²) < 4.78 is 0. The summed E-state index contributed by atoms with van der Waals surface area (Å²) in [5.41, 5.74) is 1.77. The van der Waals surface area contributed by atoms with Crippen molar-refractivity contribution in [2.24, 2.45) is 0 Å². The molecular weight excluding hydrogens is 352 g/mol. The third-order valence-electron chi connectivity index (χ3n) is 3.95. The Morgan fingerprint density at radius 1 is 1.35 bits per heavy atom. The van der Waals surface area contributed by atoms with Gasteiger partial charge < -0.3 is 10.3 Å². The van der Waals surface area contributed by atoms with Crippen LogP contribution < -0.4 is 15.8 Å². The number of hydrogen-bond acceptors (Lipinski definition) is 5. The minimum atomic E-state index is -0.506. The molecule has 2 heterocycles. The highest BCUT2D eigenvalue weighted by atomic mass is 32.2. The molecule has 0 saturated heterocycles. The van der Waals surface area contributed by atoms with Crippen LogP contribution in [0.5, 0.6) is 0 Å². The largest absolute Gasteiger partial charge is 0.323 e. The van der Waals surface area contributed by atoms with Crippen LogP contribution in [-0.4, -0.2) is 33.6 Å². The molecule has 1 aromatic heterocycles. The minimum absolute atomic E-state index is 0.0272. The maximum Gasteiger partial charge on any atom is 0.251 e. The number of aryl methyl sites for hydroxylation is 1. The van der Waals surface area contributed by atoms with Crippen LogP contribution in [0.3, 0.4) is 0 Å². The number of thioether (sulfide) groups is 1. The molecule has 0 saturated carbocycles. The van der Waals surface area contributed by atoms with E-state index >= 15 is 0 Å². The van der Waals surface area contributed by atoms with Gasteiger partial charge in [-0.05, 0) is 25.5 Å². The molecule has 136 valence electrons. The van der Waals surface area contributed by atoms with Gasteiger partial charge in [-0.15, -0.1) is 0 Å². The molecule has 7 nitrogen and oxygen atoms in total. The maximum absolute atomic E-state index is 12.9. The summed E-state index contributed by atoms with van der Waals surface area (Å²) >= 11 is 1.19. The number of anilines is 2. The molecule has 2 amide bonds. The number of H-pyrrole nitrogens is 1. The molecule has 2 N–H and O–H groups in total. The summed E-state index contributed by atoms with van der Waals surface area (Å²) in [6.07, 6.45) is 1.59. The Labute approximate surface area is 155 Å². The van der Waals surface area contributed by atoms with Crippen molar-refractivity contribution in [3.63, 3.8) is 0 Å². The van der Waals surface area contributed by atoms with E-state index in [1.54, 1.807) is 25.1 Å². The lowest BCUT2D eigenvalue weighted by Gasteiger charge is -2.30. The standard InChI is InChI=1S/C18H20N4O3S/c1-3-6-12-9-15(23)21-18(19-12)26-11(2)17(25)22-10-16(24)20-13-7-4-5-8-14(13)22/h4-5,7-9,11H,3,6,10H2,1-2H3,(H,20,24)(H,19,21,23). The summed E-state index contributed by atoms with van der Waals surface area (Å²) in [6, 6.07) is 8.66. The van der Waals surface area contributed by atoms with E-state index in [9.17, 15) is 14.4 Å². The van der Waals surface area contributed by atoms with Gasteiger partial charge in [-0.25, -0.2) is 4.98 Å². The normalized spacial score (nSPS) is 14.5. The number of aromatic nitrogens is 2. The van der Waals surface area contributed by atoms with E-state index in [-0.39, 0.29) is 23.9 Å². The van der Waals surface area contributed by atoms with E-state index < -0.39 is 5.25 Å². The fourth-order valence-electron chi connectivity index (χ4n) is 2.79. The van der Waals surface area contributed by atoms with Gasteiger partial charge in [0.15, 0.2) is 5.16 Å². The van der Waals surface area contributed by atoms with Gasteiger partial charge in [0, 0.05) is 11.8 Å². The number of fused-ring (bicyclic) bond motifs is 1. The molecule has 2 aromatic rings. The third kappa shape index (κ3) is 3.96. The van der Waals surface area contributed by atoms with Crippen LogP contribution in [0.25, 0.3) is 0 Å². The number of nitrogens with zero attached hydrogens (tertiary/aromatic N) is 2. The van der Waals surface area contributed by atoms with E-state index in [4.69, 9.17) is 0 Å². The Morgan fingerprint density at radius 3 is 2.88 bits per heavy atom. The van der Waals surface area contributed by atoms with Crippen molar-refractivity contribution in [2.75, 3.05) is 16.8 Å². The Morgan fingerprint density at radius 2 is 2.12 bits per heavy atom. The first-order valence-corrected chi connectivity index (χ1v) is 9.33. The third-order valence-corrected chi connectivity index (χ3v) is 4.92. The molecule has 3 rings (SSSR count). The fourth-order valence-corrected chi connectivity index (χ4v) is 3.68. The summed E-state index contributed by atoms with van der Waals surface area (Å²) in [7, 11) is 0. The van der Waals surface area contributed by atoms with Crippen LogP contribution in [0.4, 0.5) is 11.4 Å². The lowest BCUT2D eigenvalue weighted by atomic mass is 10.2. The first-order chi connectivity index (χ1) is 12.5. The molecule has 1 aromatic carbocycles. The van der Waals surface area contributed by atoms with Crippen LogP contribution in [0.1, 0.15) is 26.0 Å². The van der Waals surface area contributed by atoms with Crippen LogP contribution in [0.15, 0.2) is 40.3 Å². The second kappa shape index (κ2) is 7.74.